The van der Waals surface area contributed by atoms with Crippen LogP contribution in [0.25, 0.3) is 10.2 Å². The van der Waals surface area contributed by atoms with Crippen LogP contribution in [-0.4, -0.2) is 25.1 Å². The Morgan fingerprint density at radius 3 is 2.62 bits per heavy atom. The number of benzene rings is 1. The number of nitrogens with zero attached hydrogens (tertiary/aromatic N) is 1. The molecule has 0 unspecified atom stereocenters. The largest absolute Gasteiger partial charge is 0.497 e. The van der Waals surface area contributed by atoms with Gasteiger partial charge in [0, 0.05) is 17.1 Å². The fraction of sp³-hybridized carbons (Fsp3) is 0.263. The highest BCUT2D eigenvalue weighted by molar-refractivity contribution is 7.21. The third-order valence-electron chi connectivity index (χ3n) is 4.07. The van der Waals surface area contributed by atoms with Crippen LogP contribution in [0.5, 0.6) is 11.5 Å². The summed E-state index contributed by atoms with van der Waals surface area (Å²) in [5.74, 6) is 1.16. The lowest BCUT2D eigenvalue weighted by molar-refractivity contribution is 0.103. The molecule has 0 aliphatic carbocycles. The monoisotopic (exact) mass is 371 g/mol. The molecule has 0 radical (unpaired) electrons. The number of nitrogen functional groups attached to an aromatic ring is 1. The molecule has 6 nitrogen and oxygen atoms in total. The van der Waals surface area contributed by atoms with E-state index in [9.17, 15) is 4.79 Å². The van der Waals surface area contributed by atoms with Crippen LogP contribution in [-0.2, 0) is 0 Å². The molecular weight excluding hydrogens is 350 g/mol. The molecule has 0 bridgehead atoms. The van der Waals surface area contributed by atoms with Gasteiger partial charge in [0.2, 0.25) is 0 Å². The molecular formula is C19H21N3O3S. The first-order valence-electron chi connectivity index (χ1n) is 8.17. The summed E-state index contributed by atoms with van der Waals surface area (Å²) in [7, 11) is 3.11. The second-order valence-corrected chi connectivity index (χ2v) is 7.11. The number of nitrogens with one attached hydrogen (secondary N) is 1. The molecule has 0 fully saturated rings. The summed E-state index contributed by atoms with van der Waals surface area (Å²) < 4.78 is 10.5. The summed E-state index contributed by atoms with van der Waals surface area (Å²) in [6.07, 6.45) is 0. The Morgan fingerprint density at radius 2 is 1.96 bits per heavy atom. The quantitative estimate of drug-likeness (QED) is 0.699. The number of carbonyl (C=O) groups excluding carboxylic acids is 1. The van der Waals surface area contributed by atoms with Gasteiger partial charge in [0.25, 0.3) is 5.91 Å². The molecule has 3 aromatic rings. The van der Waals surface area contributed by atoms with E-state index in [-0.39, 0.29) is 5.91 Å². The number of pyridine rings is 1. The topological polar surface area (TPSA) is 86.5 Å². The van der Waals surface area contributed by atoms with E-state index >= 15 is 0 Å². The number of anilines is 2. The highest BCUT2D eigenvalue weighted by Gasteiger charge is 2.19. The Hall–Kier alpha value is -2.80. The highest BCUT2D eigenvalue weighted by atomic mass is 32.1. The van der Waals surface area contributed by atoms with Crippen molar-refractivity contribution in [2.75, 3.05) is 25.3 Å². The molecule has 0 saturated heterocycles. The second kappa shape index (κ2) is 7.21. The molecule has 0 saturated carbocycles. The molecule has 1 amide bonds. The van der Waals surface area contributed by atoms with Gasteiger partial charge in [-0.1, -0.05) is 13.8 Å². The number of hydrogen-bond acceptors (Lipinski definition) is 6. The zero-order chi connectivity index (χ0) is 18.8. The molecule has 136 valence electrons. The van der Waals surface area contributed by atoms with Gasteiger partial charge >= 0.3 is 0 Å². The van der Waals surface area contributed by atoms with Crippen LogP contribution in [0, 0.1) is 0 Å². The van der Waals surface area contributed by atoms with Crippen molar-refractivity contribution < 1.29 is 14.3 Å². The zero-order valence-corrected chi connectivity index (χ0v) is 15.9. The van der Waals surface area contributed by atoms with Crippen molar-refractivity contribution in [3.8, 4) is 11.5 Å². The number of hydrogen-bond donors (Lipinski definition) is 2. The third-order valence-corrected chi connectivity index (χ3v) is 5.18. The van der Waals surface area contributed by atoms with Gasteiger partial charge in [0.05, 0.1) is 25.6 Å². The summed E-state index contributed by atoms with van der Waals surface area (Å²) in [4.78, 5) is 18.6. The van der Waals surface area contributed by atoms with Crippen molar-refractivity contribution in [3.05, 3.63) is 40.9 Å². The van der Waals surface area contributed by atoms with Crippen molar-refractivity contribution in [2.45, 2.75) is 19.8 Å². The van der Waals surface area contributed by atoms with E-state index in [1.165, 1.54) is 11.3 Å². The summed E-state index contributed by atoms with van der Waals surface area (Å²) in [6, 6.07) is 9.07. The molecule has 7 heteroatoms. The number of carbonyl (C=O) groups is 1. The summed E-state index contributed by atoms with van der Waals surface area (Å²) in [6.45, 7) is 4.15. The zero-order valence-electron chi connectivity index (χ0n) is 15.1. The van der Waals surface area contributed by atoms with Crippen LogP contribution in [0.4, 0.5) is 11.4 Å². The van der Waals surface area contributed by atoms with Crippen LogP contribution >= 0.6 is 11.3 Å². The normalized spacial score (nSPS) is 11.0. The molecule has 3 N–H and O–H groups in total. The average molecular weight is 371 g/mol. The van der Waals surface area contributed by atoms with Gasteiger partial charge in [-0.15, -0.1) is 11.3 Å². The number of fused-ring (bicyclic) bond motifs is 1. The van der Waals surface area contributed by atoms with Gasteiger partial charge in [-0.05, 0) is 30.2 Å². The van der Waals surface area contributed by atoms with Crippen LogP contribution in [0.15, 0.2) is 30.3 Å². The highest BCUT2D eigenvalue weighted by Crippen LogP contribution is 2.35. The predicted octanol–water partition coefficient (Wildman–Crippen LogP) is 4.27. The molecule has 2 aromatic heterocycles. The fourth-order valence-corrected chi connectivity index (χ4v) is 3.59. The molecule has 0 aliphatic rings. The maximum Gasteiger partial charge on any atom is 0.268 e. The van der Waals surface area contributed by atoms with Crippen LogP contribution in [0.1, 0.15) is 35.1 Å². The van der Waals surface area contributed by atoms with Crippen molar-refractivity contribution in [3.63, 3.8) is 0 Å². The fourth-order valence-electron chi connectivity index (χ4n) is 2.59. The van der Waals surface area contributed by atoms with E-state index in [0.29, 0.717) is 33.7 Å². The van der Waals surface area contributed by atoms with E-state index < -0.39 is 0 Å². The van der Waals surface area contributed by atoms with Crippen molar-refractivity contribution in [1.82, 2.24) is 4.98 Å². The minimum Gasteiger partial charge on any atom is -0.497 e. The Balaban J connectivity index is 1.96. The van der Waals surface area contributed by atoms with Gasteiger partial charge in [-0.2, -0.15) is 0 Å². The predicted molar refractivity (Wildman–Crippen MR) is 106 cm³/mol. The SMILES string of the molecule is COc1ccc(OC)c(NC(=O)c2sc3nc(C(C)C)ccc3c2N)c1. The first-order chi connectivity index (χ1) is 12.4. The summed E-state index contributed by atoms with van der Waals surface area (Å²) in [5.41, 5.74) is 8.13. The van der Waals surface area contributed by atoms with E-state index in [1.54, 1.807) is 32.4 Å². The van der Waals surface area contributed by atoms with Crippen LogP contribution in [0.3, 0.4) is 0 Å². The van der Waals surface area contributed by atoms with E-state index in [1.807, 2.05) is 12.1 Å². The third kappa shape index (κ3) is 3.30. The Morgan fingerprint density at radius 1 is 1.19 bits per heavy atom. The number of ether oxygens (including phenoxy) is 2. The molecule has 1 aromatic carbocycles. The molecule has 0 atom stereocenters. The molecule has 0 spiro atoms. The van der Waals surface area contributed by atoms with Gasteiger partial charge in [-0.3, -0.25) is 4.79 Å². The van der Waals surface area contributed by atoms with E-state index in [4.69, 9.17) is 15.2 Å². The first kappa shape index (κ1) is 18.0. The molecule has 2 heterocycles. The number of thiophene rings is 1. The molecule has 0 aliphatic heterocycles. The molecule has 26 heavy (non-hydrogen) atoms. The van der Waals surface area contributed by atoms with Crippen molar-refractivity contribution in [2.24, 2.45) is 0 Å². The first-order valence-corrected chi connectivity index (χ1v) is 8.98. The van der Waals surface area contributed by atoms with Gasteiger partial charge in [-0.25, -0.2) is 4.98 Å². The summed E-state index contributed by atoms with van der Waals surface area (Å²) in [5, 5.41) is 3.64. The number of amides is 1. The molecule has 3 rings (SSSR count). The van der Waals surface area contributed by atoms with E-state index in [2.05, 4.69) is 24.1 Å². The summed E-state index contributed by atoms with van der Waals surface area (Å²) >= 11 is 1.29. The number of rotatable bonds is 5. The Labute approximate surface area is 155 Å². The number of methoxy groups -OCH3 is 2. The minimum atomic E-state index is -0.303. The maximum atomic E-state index is 12.8. The standard InChI is InChI=1S/C19H21N3O3S/c1-10(2)13-7-6-12-16(20)17(26-19(12)22-13)18(23)21-14-9-11(24-3)5-8-15(14)25-4/h5-10H,20H2,1-4H3,(H,21,23). The Bertz CT molecular complexity index is 966. The second-order valence-electron chi connectivity index (χ2n) is 6.11. The van der Waals surface area contributed by atoms with Crippen LogP contribution < -0.4 is 20.5 Å². The lowest BCUT2D eigenvalue weighted by Gasteiger charge is -2.11. The number of aromatic nitrogens is 1. The van der Waals surface area contributed by atoms with E-state index in [0.717, 1.165) is 15.9 Å². The van der Waals surface area contributed by atoms with Crippen molar-refractivity contribution in [1.29, 1.82) is 0 Å². The lowest BCUT2D eigenvalue weighted by Crippen LogP contribution is -2.12. The number of nitrogens with two attached hydrogens (primary N) is 1. The maximum absolute atomic E-state index is 12.8. The lowest BCUT2D eigenvalue weighted by atomic mass is 10.1. The van der Waals surface area contributed by atoms with Gasteiger partial charge in [0.1, 0.15) is 21.2 Å². The van der Waals surface area contributed by atoms with Crippen LogP contribution in [0.2, 0.25) is 0 Å². The Kier molecular flexibility index (Phi) is 4.99. The van der Waals surface area contributed by atoms with Gasteiger partial charge in [0.15, 0.2) is 0 Å². The smallest absolute Gasteiger partial charge is 0.268 e. The minimum absolute atomic E-state index is 0.303. The van der Waals surface area contributed by atoms with Gasteiger partial charge < -0.3 is 20.5 Å². The average Bonchev–Trinajstić information content (AvgIpc) is 2.97. The van der Waals surface area contributed by atoms with Crippen molar-refractivity contribution >= 4 is 38.8 Å².